The molecule has 2 aromatic carbocycles. The summed E-state index contributed by atoms with van der Waals surface area (Å²) in [6.45, 7) is 4.39. The monoisotopic (exact) mass is 410 g/mol. The van der Waals surface area contributed by atoms with Gasteiger partial charge in [0.05, 0.1) is 17.7 Å². The minimum Gasteiger partial charge on any atom is -0.495 e. The van der Waals surface area contributed by atoms with Crippen LogP contribution in [0.2, 0.25) is 5.02 Å². The van der Waals surface area contributed by atoms with Crippen LogP contribution in [0.25, 0.3) is 0 Å². The molecule has 0 radical (unpaired) electrons. The van der Waals surface area contributed by atoms with Crippen LogP contribution in [0.3, 0.4) is 0 Å². The van der Waals surface area contributed by atoms with Gasteiger partial charge < -0.3 is 10.1 Å². The first-order valence-corrected chi connectivity index (χ1v) is 10.3. The van der Waals surface area contributed by atoms with Crippen molar-refractivity contribution in [3.63, 3.8) is 0 Å². The third-order valence-electron chi connectivity index (χ3n) is 3.85. The summed E-state index contributed by atoms with van der Waals surface area (Å²) >= 11 is 5.83. The standard InChI is InChI=1S/C19H23ClN2O4S/c1-13(2)10-11-21-27(24,25)16-8-9-18(26-3)17(12-16)22-19(23)14-4-6-15(20)7-5-14/h4-9,12-13,21H,10-11H2,1-3H3,(H,22,23). The van der Waals surface area contributed by atoms with E-state index in [-0.39, 0.29) is 10.6 Å². The quantitative estimate of drug-likeness (QED) is 0.690. The van der Waals surface area contributed by atoms with Crippen LogP contribution < -0.4 is 14.8 Å². The van der Waals surface area contributed by atoms with Crippen LogP contribution in [-0.2, 0) is 10.0 Å². The molecule has 0 unspecified atom stereocenters. The molecule has 0 fully saturated rings. The average Bonchev–Trinajstić information content (AvgIpc) is 2.61. The predicted octanol–water partition coefficient (Wildman–Crippen LogP) is 3.93. The van der Waals surface area contributed by atoms with Crippen molar-refractivity contribution >= 4 is 33.2 Å². The number of halogens is 1. The van der Waals surface area contributed by atoms with Crippen LogP contribution in [0.15, 0.2) is 47.4 Å². The number of methoxy groups -OCH3 is 1. The van der Waals surface area contributed by atoms with Crippen LogP contribution in [0.1, 0.15) is 30.6 Å². The highest BCUT2D eigenvalue weighted by molar-refractivity contribution is 7.89. The fraction of sp³-hybridized carbons (Fsp3) is 0.316. The summed E-state index contributed by atoms with van der Waals surface area (Å²) in [5.41, 5.74) is 0.661. The van der Waals surface area contributed by atoms with E-state index in [2.05, 4.69) is 10.0 Å². The van der Waals surface area contributed by atoms with Gasteiger partial charge in [-0.1, -0.05) is 25.4 Å². The number of benzene rings is 2. The normalized spacial score (nSPS) is 11.4. The minimum absolute atomic E-state index is 0.0541. The Morgan fingerprint density at radius 1 is 1.15 bits per heavy atom. The van der Waals surface area contributed by atoms with E-state index in [4.69, 9.17) is 16.3 Å². The molecule has 146 valence electrons. The summed E-state index contributed by atoms with van der Waals surface area (Å²) in [5.74, 6) is 0.350. The van der Waals surface area contributed by atoms with Crippen molar-refractivity contribution in [3.8, 4) is 5.75 Å². The number of carbonyl (C=O) groups excluding carboxylic acids is 1. The Labute approximate surface area is 164 Å². The zero-order valence-electron chi connectivity index (χ0n) is 15.5. The maximum absolute atomic E-state index is 12.5. The maximum Gasteiger partial charge on any atom is 0.255 e. The van der Waals surface area contributed by atoms with Crippen LogP contribution in [0.4, 0.5) is 5.69 Å². The Morgan fingerprint density at radius 3 is 2.41 bits per heavy atom. The predicted molar refractivity (Wildman–Crippen MR) is 107 cm³/mol. The molecule has 0 spiro atoms. The second-order valence-electron chi connectivity index (χ2n) is 6.40. The Hall–Kier alpha value is -2.09. The SMILES string of the molecule is COc1ccc(S(=O)(=O)NCCC(C)C)cc1NC(=O)c1ccc(Cl)cc1. The van der Waals surface area contributed by atoms with E-state index in [0.717, 1.165) is 6.42 Å². The second kappa shape index (κ2) is 9.21. The third kappa shape index (κ3) is 5.95. The van der Waals surface area contributed by atoms with Crippen LogP contribution in [-0.4, -0.2) is 28.0 Å². The fourth-order valence-corrected chi connectivity index (χ4v) is 3.51. The minimum atomic E-state index is -3.68. The van der Waals surface area contributed by atoms with Gasteiger partial charge in [-0.2, -0.15) is 0 Å². The number of hydrogen-bond acceptors (Lipinski definition) is 4. The van der Waals surface area contributed by atoms with Gasteiger partial charge in [-0.3, -0.25) is 4.79 Å². The molecule has 2 rings (SSSR count). The first-order chi connectivity index (χ1) is 12.7. The summed E-state index contributed by atoms with van der Waals surface area (Å²) < 4.78 is 32.8. The van der Waals surface area contributed by atoms with Crippen molar-refractivity contribution in [3.05, 3.63) is 53.1 Å². The molecule has 0 atom stereocenters. The molecule has 0 heterocycles. The zero-order valence-corrected chi connectivity index (χ0v) is 17.0. The van der Waals surface area contributed by atoms with Crippen molar-refractivity contribution in [2.75, 3.05) is 19.0 Å². The Balaban J connectivity index is 2.24. The van der Waals surface area contributed by atoms with E-state index in [1.165, 1.54) is 25.3 Å². The van der Waals surface area contributed by atoms with E-state index in [1.54, 1.807) is 24.3 Å². The highest BCUT2D eigenvalue weighted by Gasteiger charge is 2.18. The van der Waals surface area contributed by atoms with Gasteiger partial charge in [0.15, 0.2) is 0 Å². The highest BCUT2D eigenvalue weighted by atomic mass is 35.5. The summed E-state index contributed by atoms with van der Waals surface area (Å²) in [4.78, 5) is 12.5. The van der Waals surface area contributed by atoms with Crippen LogP contribution in [0.5, 0.6) is 5.75 Å². The van der Waals surface area contributed by atoms with Gasteiger partial charge in [-0.05, 0) is 54.8 Å². The number of rotatable bonds is 8. The molecule has 0 aliphatic carbocycles. The van der Waals surface area contributed by atoms with Gasteiger partial charge in [0.2, 0.25) is 10.0 Å². The third-order valence-corrected chi connectivity index (χ3v) is 5.56. The molecule has 0 bridgehead atoms. The molecule has 1 amide bonds. The van der Waals surface area contributed by atoms with E-state index in [1.807, 2.05) is 13.8 Å². The number of sulfonamides is 1. The molecule has 0 aliphatic heterocycles. The number of hydrogen-bond donors (Lipinski definition) is 2. The lowest BCUT2D eigenvalue weighted by Gasteiger charge is -2.13. The molecule has 0 aliphatic rings. The lowest BCUT2D eigenvalue weighted by Crippen LogP contribution is -2.25. The van der Waals surface area contributed by atoms with Gasteiger partial charge in [-0.25, -0.2) is 13.1 Å². The summed E-state index contributed by atoms with van der Waals surface area (Å²) in [6, 6.07) is 10.7. The smallest absolute Gasteiger partial charge is 0.255 e. The van der Waals surface area contributed by atoms with Gasteiger partial charge in [0.25, 0.3) is 5.91 Å². The molecule has 6 nitrogen and oxygen atoms in total. The first kappa shape index (κ1) is 21.2. The zero-order chi connectivity index (χ0) is 20.0. The molecule has 27 heavy (non-hydrogen) atoms. The van der Waals surface area contributed by atoms with Crippen LogP contribution >= 0.6 is 11.6 Å². The number of anilines is 1. The molecule has 8 heteroatoms. The number of amides is 1. The van der Waals surface area contributed by atoms with Gasteiger partial charge in [0.1, 0.15) is 5.75 Å². The largest absolute Gasteiger partial charge is 0.495 e. The maximum atomic E-state index is 12.5. The average molecular weight is 411 g/mol. The van der Waals surface area contributed by atoms with Crippen LogP contribution in [0, 0.1) is 5.92 Å². The number of nitrogens with one attached hydrogen (secondary N) is 2. The van der Waals surface area contributed by atoms with Gasteiger partial charge in [0, 0.05) is 17.1 Å². The van der Waals surface area contributed by atoms with E-state index >= 15 is 0 Å². The topological polar surface area (TPSA) is 84.5 Å². The second-order valence-corrected chi connectivity index (χ2v) is 8.61. The highest BCUT2D eigenvalue weighted by Crippen LogP contribution is 2.28. The molecule has 2 aromatic rings. The first-order valence-electron chi connectivity index (χ1n) is 8.47. The molecule has 2 N–H and O–H groups in total. The lowest BCUT2D eigenvalue weighted by atomic mass is 10.1. The molecule has 0 saturated heterocycles. The van der Waals surface area contributed by atoms with E-state index < -0.39 is 15.9 Å². The number of ether oxygens (including phenoxy) is 1. The van der Waals surface area contributed by atoms with Crippen molar-refractivity contribution in [1.29, 1.82) is 0 Å². The van der Waals surface area contributed by atoms with E-state index in [9.17, 15) is 13.2 Å². The number of carbonyl (C=O) groups is 1. The Bertz CT molecular complexity index is 896. The van der Waals surface area contributed by atoms with Gasteiger partial charge in [-0.15, -0.1) is 0 Å². The van der Waals surface area contributed by atoms with E-state index in [0.29, 0.717) is 28.8 Å². The molecule has 0 saturated carbocycles. The summed E-state index contributed by atoms with van der Waals surface area (Å²) in [7, 11) is -2.24. The van der Waals surface area contributed by atoms with Crippen molar-refractivity contribution in [2.24, 2.45) is 5.92 Å². The van der Waals surface area contributed by atoms with Gasteiger partial charge >= 0.3 is 0 Å². The Morgan fingerprint density at radius 2 is 1.81 bits per heavy atom. The summed E-state index contributed by atoms with van der Waals surface area (Å²) in [6.07, 6.45) is 0.732. The Kier molecular flexibility index (Phi) is 7.24. The van der Waals surface area contributed by atoms with Crippen molar-refractivity contribution < 1.29 is 17.9 Å². The van der Waals surface area contributed by atoms with Crippen molar-refractivity contribution in [2.45, 2.75) is 25.2 Å². The van der Waals surface area contributed by atoms with Crippen molar-refractivity contribution in [1.82, 2.24) is 4.72 Å². The fourth-order valence-electron chi connectivity index (χ4n) is 2.31. The molecular formula is C19H23ClN2O4S. The molecular weight excluding hydrogens is 388 g/mol. The summed E-state index contributed by atoms with van der Waals surface area (Å²) in [5, 5.41) is 3.20. The lowest BCUT2D eigenvalue weighted by molar-refractivity contribution is 0.102. The molecule has 0 aromatic heterocycles.